The van der Waals surface area contributed by atoms with Gasteiger partial charge in [-0.05, 0) is 60.8 Å². The molecule has 0 saturated heterocycles. The van der Waals surface area contributed by atoms with Gasteiger partial charge in [-0.1, -0.05) is 6.07 Å². The van der Waals surface area contributed by atoms with Crippen molar-refractivity contribution in [1.29, 1.82) is 0 Å². The Kier molecular flexibility index (Phi) is 2.58. The van der Waals surface area contributed by atoms with Gasteiger partial charge in [-0.2, -0.15) is 0 Å². The molecular formula is C13H18N2O. The molecule has 0 fully saturated rings. The molecule has 1 aromatic rings. The normalized spacial score (nSPS) is 17.3. The van der Waals surface area contributed by atoms with E-state index in [0.29, 0.717) is 0 Å². The van der Waals surface area contributed by atoms with Gasteiger partial charge in [-0.25, -0.2) is 0 Å². The Hall–Kier alpha value is -1.06. The van der Waals surface area contributed by atoms with E-state index >= 15 is 0 Å². The molecule has 3 nitrogen and oxygen atoms in total. The smallest absolute Gasteiger partial charge is 0.122 e. The lowest BCUT2D eigenvalue weighted by atomic mass is 9.99. The number of fused-ring (bicyclic) bond motifs is 2. The highest BCUT2D eigenvalue weighted by atomic mass is 16.6. The minimum atomic E-state index is 0.221. The Morgan fingerprint density at radius 1 is 1.06 bits per heavy atom. The first-order valence-electron chi connectivity index (χ1n) is 6.14. The summed E-state index contributed by atoms with van der Waals surface area (Å²) >= 11 is 0. The highest BCUT2D eigenvalue weighted by Gasteiger charge is 2.23. The monoisotopic (exact) mass is 218 g/mol. The van der Waals surface area contributed by atoms with E-state index in [1.165, 1.54) is 66.5 Å². The molecule has 0 radical (unpaired) electrons. The van der Waals surface area contributed by atoms with Gasteiger partial charge in [0.2, 0.25) is 0 Å². The van der Waals surface area contributed by atoms with Crippen LogP contribution in [0, 0.1) is 0 Å². The van der Waals surface area contributed by atoms with Crippen molar-refractivity contribution in [3.8, 4) is 0 Å². The lowest BCUT2D eigenvalue weighted by Gasteiger charge is -2.15. The van der Waals surface area contributed by atoms with Crippen molar-refractivity contribution < 1.29 is 4.84 Å². The second-order valence-electron chi connectivity index (χ2n) is 4.65. The zero-order valence-corrected chi connectivity index (χ0v) is 9.51. The molecule has 1 aromatic carbocycles. The first kappa shape index (κ1) is 10.1. The zero-order chi connectivity index (χ0) is 11.0. The van der Waals surface area contributed by atoms with Gasteiger partial charge in [0.15, 0.2) is 0 Å². The van der Waals surface area contributed by atoms with Crippen LogP contribution in [0.5, 0.6) is 0 Å². The minimum Gasteiger partial charge on any atom is -0.307 e. The summed E-state index contributed by atoms with van der Waals surface area (Å²) in [6.07, 6.45) is 7.35. The molecule has 0 aliphatic heterocycles. The molecule has 16 heavy (non-hydrogen) atoms. The summed E-state index contributed by atoms with van der Waals surface area (Å²) in [6.45, 7) is 0.221. The van der Waals surface area contributed by atoms with Gasteiger partial charge in [-0.15, -0.1) is 0 Å². The SMILES string of the molecule is NCONc1c2c(cc3c1CCC3)CCC2. The average Bonchev–Trinajstić information content (AvgIpc) is 2.91. The molecule has 0 atom stereocenters. The summed E-state index contributed by atoms with van der Waals surface area (Å²) < 4.78 is 0. The summed E-state index contributed by atoms with van der Waals surface area (Å²) in [5, 5.41) is 0. The van der Waals surface area contributed by atoms with E-state index in [4.69, 9.17) is 10.6 Å². The van der Waals surface area contributed by atoms with Crippen molar-refractivity contribution >= 4 is 5.69 Å². The minimum absolute atomic E-state index is 0.221. The Morgan fingerprint density at radius 2 is 1.69 bits per heavy atom. The highest BCUT2D eigenvalue weighted by molar-refractivity contribution is 5.65. The quantitative estimate of drug-likeness (QED) is 0.602. The third kappa shape index (κ3) is 1.51. The first-order chi connectivity index (χ1) is 7.90. The van der Waals surface area contributed by atoms with Gasteiger partial charge in [0.1, 0.15) is 6.73 Å². The topological polar surface area (TPSA) is 47.3 Å². The Labute approximate surface area is 95.9 Å². The average molecular weight is 218 g/mol. The van der Waals surface area contributed by atoms with Crippen LogP contribution >= 0.6 is 0 Å². The number of anilines is 1. The van der Waals surface area contributed by atoms with Crippen LogP contribution in [-0.2, 0) is 30.5 Å². The van der Waals surface area contributed by atoms with E-state index in [1.807, 2.05) is 0 Å². The Morgan fingerprint density at radius 3 is 2.25 bits per heavy atom. The number of hydrogen-bond acceptors (Lipinski definition) is 3. The molecule has 0 heterocycles. The van der Waals surface area contributed by atoms with Crippen LogP contribution in [0.2, 0.25) is 0 Å². The lowest BCUT2D eigenvalue weighted by molar-refractivity contribution is 0.202. The molecule has 2 aliphatic rings. The molecule has 3 rings (SSSR count). The molecule has 0 amide bonds. The number of nitrogens with one attached hydrogen (secondary N) is 1. The van der Waals surface area contributed by atoms with Gasteiger partial charge in [-0.3, -0.25) is 10.3 Å². The van der Waals surface area contributed by atoms with Crippen molar-refractivity contribution in [1.82, 2.24) is 0 Å². The van der Waals surface area contributed by atoms with Crippen molar-refractivity contribution in [3.63, 3.8) is 0 Å². The van der Waals surface area contributed by atoms with Crippen LogP contribution in [0.3, 0.4) is 0 Å². The fourth-order valence-corrected chi connectivity index (χ4v) is 3.05. The maximum Gasteiger partial charge on any atom is 0.122 e. The third-order valence-electron chi connectivity index (χ3n) is 3.73. The van der Waals surface area contributed by atoms with E-state index < -0.39 is 0 Å². The maximum atomic E-state index is 5.38. The standard InChI is InChI=1S/C13H18N2O/c14-8-16-15-13-11-5-1-3-9(11)7-10-4-2-6-12(10)13/h7,15H,1-6,8,14H2. The number of hydrogen-bond donors (Lipinski definition) is 2. The highest BCUT2D eigenvalue weighted by Crippen LogP contribution is 2.38. The van der Waals surface area contributed by atoms with Crippen LogP contribution in [-0.4, -0.2) is 6.73 Å². The fourth-order valence-electron chi connectivity index (χ4n) is 3.05. The van der Waals surface area contributed by atoms with Crippen LogP contribution in [0.15, 0.2) is 6.07 Å². The summed E-state index contributed by atoms with van der Waals surface area (Å²) in [5.41, 5.74) is 15.6. The molecular weight excluding hydrogens is 200 g/mol. The number of rotatable bonds is 3. The van der Waals surface area contributed by atoms with Crippen molar-refractivity contribution in [2.75, 3.05) is 12.2 Å². The predicted octanol–water partition coefficient (Wildman–Crippen LogP) is 1.92. The Bertz CT molecular complexity index is 383. The summed E-state index contributed by atoms with van der Waals surface area (Å²) in [6, 6.07) is 2.41. The molecule has 0 bridgehead atoms. The van der Waals surface area contributed by atoms with E-state index in [1.54, 1.807) is 0 Å². The first-order valence-corrected chi connectivity index (χ1v) is 6.14. The number of aryl methyl sites for hydroxylation is 2. The number of benzene rings is 1. The van der Waals surface area contributed by atoms with E-state index in [0.717, 1.165) is 0 Å². The van der Waals surface area contributed by atoms with E-state index in [-0.39, 0.29) is 6.73 Å². The summed E-state index contributed by atoms with van der Waals surface area (Å²) in [5.74, 6) is 0. The van der Waals surface area contributed by atoms with E-state index in [2.05, 4.69) is 11.5 Å². The van der Waals surface area contributed by atoms with Gasteiger partial charge < -0.3 is 5.73 Å². The van der Waals surface area contributed by atoms with Crippen LogP contribution in [0.25, 0.3) is 0 Å². The van der Waals surface area contributed by atoms with Gasteiger partial charge >= 0.3 is 0 Å². The van der Waals surface area contributed by atoms with Crippen molar-refractivity contribution in [2.24, 2.45) is 5.73 Å². The molecule has 0 aromatic heterocycles. The van der Waals surface area contributed by atoms with Gasteiger partial charge in [0, 0.05) is 0 Å². The molecule has 0 unspecified atom stereocenters. The maximum absolute atomic E-state index is 5.38. The Balaban J connectivity index is 2.05. The third-order valence-corrected chi connectivity index (χ3v) is 3.73. The number of nitrogens with two attached hydrogens (primary N) is 1. The predicted molar refractivity (Wildman–Crippen MR) is 64.3 cm³/mol. The largest absolute Gasteiger partial charge is 0.307 e. The van der Waals surface area contributed by atoms with Crippen LogP contribution in [0.4, 0.5) is 5.69 Å². The molecule has 3 heteroatoms. The molecule has 86 valence electrons. The zero-order valence-electron chi connectivity index (χ0n) is 9.51. The van der Waals surface area contributed by atoms with Gasteiger partial charge in [0.05, 0.1) is 5.69 Å². The molecule has 0 saturated carbocycles. The summed E-state index contributed by atoms with van der Waals surface area (Å²) in [4.78, 5) is 5.20. The molecule has 3 N–H and O–H groups in total. The van der Waals surface area contributed by atoms with Crippen LogP contribution in [0.1, 0.15) is 35.1 Å². The second-order valence-corrected chi connectivity index (χ2v) is 4.65. The fraction of sp³-hybridized carbons (Fsp3) is 0.538. The lowest BCUT2D eigenvalue weighted by Crippen LogP contribution is -2.12. The molecule has 0 spiro atoms. The summed E-state index contributed by atoms with van der Waals surface area (Å²) in [7, 11) is 0. The van der Waals surface area contributed by atoms with Crippen LogP contribution < -0.4 is 11.2 Å². The van der Waals surface area contributed by atoms with E-state index in [9.17, 15) is 0 Å². The van der Waals surface area contributed by atoms with Crippen molar-refractivity contribution in [3.05, 3.63) is 28.3 Å². The van der Waals surface area contributed by atoms with Gasteiger partial charge in [0.25, 0.3) is 0 Å². The van der Waals surface area contributed by atoms with Crippen molar-refractivity contribution in [2.45, 2.75) is 38.5 Å². The molecule has 2 aliphatic carbocycles. The second kappa shape index (κ2) is 4.07.